The quantitative estimate of drug-likeness (QED) is 0.452. The number of nitrogens with zero attached hydrogens (tertiary/aromatic N) is 1. The van der Waals surface area contributed by atoms with Gasteiger partial charge in [-0.25, -0.2) is 0 Å². The molecule has 0 aromatic heterocycles. The lowest BCUT2D eigenvalue weighted by atomic mass is 10.1. The number of hydrogen-bond donors (Lipinski definition) is 1. The largest absolute Gasteiger partial charge is 0.489 e. The standard InChI is InChI=1S/C23H29ClN2O3S/c1-28-14-11-25-23(27)18-5-8-22(21(24)15-18)29-19-9-12-26(13-10-19)16-17-3-6-20(30-2)7-4-17/h3-8,15,19H,9-14,16H2,1-2H3,(H,25,27). The van der Waals surface area contributed by atoms with Gasteiger partial charge in [-0.05, 0) is 55.0 Å². The van der Waals surface area contributed by atoms with Gasteiger partial charge in [0, 0.05) is 43.7 Å². The van der Waals surface area contributed by atoms with E-state index in [1.165, 1.54) is 10.5 Å². The van der Waals surface area contributed by atoms with Crippen LogP contribution in [0.2, 0.25) is 5.02 Å². The van der Waals surface area contributed by atoms with Gasteiger partial charge in [0.25, 0.3) is 5.91 Å². The molecular formula is C23H29ClN2O3S. The van der Waals surface area contributed by atoms with Gasteiger partial charge in [0.15, 0.2) is 0 Å². The third kappa shape index (κ3) is 6.64. The van der Waals surface area contributed by atoms with Crippen molar-refractivity contribution < 1.29 is 14.3 Å². The van der Waals surface area contributed by atoms with Crippen LogP contribution in [0.3, 0.4) is 0 Å². The molecule has 2 aromatic rings. The zero-order valence-electron chi connectivity index (χ0n) is 17.5. The smallest absolute Gasteiger partial charge is 0.251 e. The number of rotatable bonds is 9. The summed E-state index contributed by atoms with van der Waals surface area (Å²) in [4.78, 5) is 15.9. The summed E-state index contributed by atoms with van der Waals surface area (Å²) in [5.74, 6) is 0.468. The molecule has 1 N–H and O–H groups in total. The van der Waals surface area contributed by atoms with Crippen molar-refractivity contribution in [2.24, 2.45) is 0 Å². The summed E-state index contributed by atoms with van der Waals surface area (Å²) < 4.78 is 11.1. The molecule has 162 valence electrons. The number of likely N-dealkylation sites (tertiary alicyclic amines) is 1. The maximum Gasteiger partial charge on any atom is 0.251 e. The molecular weight excluding hydrogens is 420 g/mol. The second kappa shape index (κ2) is 11.6. The Morgan fingerprint density at radius 2 is 1.93 bits per heavy atom. The third-order valence-corrected chi connectivity index (χ3v) is 6.22. The maximum absolute atomic E-state index is 12.1. The Bertz CT molecular complexity index is 824. The van der Waals surface area contributed by atoms with Crippen molar-refractivity contribution >= 4 is 29.3 Å². The fraction of sp³-hybridized carbons (Fsp3) is 0.435. The highest BCUT2D eigenvalue weighted by Gasteiger charge is 2.21. The highest BCUT2D eigenvalue weighted by atomic mass is 35.5. The summed E-state index contributed by atoms with van der Waals surface area (Å²) in [6.45, 7) is 3.89. The number of nitrogens with one attached hydrogen (secondary N) is 1. The van der Waals surface area contributed by atoms with E-state index in [9.17, 15) is 4.79 Å². The molecule has 1 saturated heterocycles. The monoisotopic (exact) mass is 448 g/mol. The Morgan fingerprint density at radius 1 is 1.20 bits per heavy atom. The minimum atomic E-state index is -0.167. The van der Waals surface area contributed by atoms with Gasteiger partial charge in [-0.3, -0.25) is 9.69 Å². The zero-order valence-corrected chi connectivity index (χ0v) is 19.1. The average molecular weight is 449 g/mol. The number of halogens is 1. The van der Waals surface area contributed by atoms with Crippen LogP contribution in [0.5, 0.6) is 5.75 Å². The van der Waals surface area contributed by atoms with E-state index in [2.05, 4.69) is 40.7 Å². The van der Waals surface area contributed by atoms with E-state index >= 15 is 0 Å². The first-order valence-electron chi connectivity index (χ1n) is 10.2. The first-order chi connectivity index (χ1) is 14.6. The Balaban J connectivity index is 1.47. The van der Waals surface area contributed by atoms with Crippen molar-refractivity contribution in [1.29, 1.82) is 0 Å². The van der Waals surface area contributed by atoms with Crippen molar-refractivity contribution in [1.82, 2.24) is 10.2 Å². The molecule has 0 atom stereocenters. The van der Waals surface area contributed by atoms with Gasteiger partial charge in [0.2, 0.25) is 0 Å². The highest BCUT2D eigenvalue weighted by molar-refractivity contribution is 7.98. The van der Waals surface area contributed by atoms with Gasteiger partial charge in [-0.2, -0.15) is 0 Å². The van der Waals surface area contributed by atoms with Crippen molar-refractivity contribution in [2.75, 3.05) is 39.6 Å². The summed E-state index contributed by atoms with van der Waals surface area (Å²) in [7, 11) is 1.60. The summed E-state index contributed by atoms with van der Waals surface area (Å²) in [5.41, 5.74) is 1.86. The second-order valence-electron chi connectivity index (χ2n) is 7.34. The molecule has 5 nitrogen and oxygen atoms in total. The SMILES string of the molecule is COCCNC(=O)c1ccc(OC2CCN(Cc3ccc(SC)cc3)CC2)c(Cl)c1. The molecule has 0 spiro atoms. The predicted molar refractivity (Wildman–Crippen MR) is 123 cm³/mol. The molecule has 1 aliphatic heterocycles. The summed E-state index contributed by atoms with van der Waals surface area (Å²) in [6.07, 6.45) is 4.15. The van der Waals surface area contributed by atoms with E-state index < -0.39 is 0 Å². The van der Waals surface area contributed by atoms with Crippen LogP contribution in [0.4, 0.5) is 0 Å². The van der Waals surface area contributed by atoms with Crippen LogP contribution in [-0.2, 0) is 11.3 Å². The summed E-state index contributed by atoms with van der Waals surface area (Å²) in [6, 6.07) is 14.0. The van der Waals surface area contributed by atoms with Crippen LogP contribution >= 0.6 is 23.4 Å². The number of hydrogen-bond acceptors (Lipinski definition) is 5. The topological polar surface area (TPSA) is 50.8 Å². The first-order valence-corrected chi connectivity index (χ1v) is 11.8. The van der Waals surface area contributed by atoms with Crippen molar-refractivity contribution in [2.45, 2.75) is 30.4 Å². The van der Waals surface area contributed by atoms with Gasteiger partial charge in [0.1, 0.15) is 11.9 Å². The lowest BCUT2D eigenvalue weighted by Gasteiger charge is -2.32. The van der Waals surface area contributed by atoms with Crippen LogP contribution in [-0.4, -0.2) is 56.5 Å². The van der Waals surface area contributed by atoms with Crippen LogP contribution in [0.1, 0.15) is 28.8 Å². The van der Waals surface area contributed by atoms with Crippen LogP contribution in [0, 0.1) is 0 Å². The molecule has 1 fully saturated rings. The van der Waals surface area contributed by atoms with Crippen molar-refractivity contribution in [3.8, 4) is 5.75 Å². The second-order valence-corrected chi connectivity index (χ2v) is 8.62. The maximum atomic E-state index is 12.1. The summed E-state index contributed by atoms with van der Waals surface area (Å²) >= 11 is 8.14. The Labute approximate surface area is 188 Å². The molecule has 0 saturated carbocycles. The van der Waals surface area contributed by atoms with Crippen molar-refractivity contribution in [3.05, 3.63) is 58.6 Å². The van der Waals surface area contributed by atoms with E-state index in [0.29, 0.717) is 29.5 Å². The first kappa shape index (κ1) is 22.9. The number of piperidine rings is 1. The van der Waals surface area contributed by atoms with Gasteiger partial charge >= 0.3 is 0 Å². The molecule has 0 unspecified atom stereocenters. The van der Waals surface area contributed by atoms with E-state index in [0.717, 1.165) is 32.5 Å². The Morgan fingerprint density at radius 3 is 2.57 bits per heavy atom. The number of carbonyl (C=O) groups is 1. The number of methoxy groups -OCH3 is 1. The molecule has 0 bridgehead atoms. The Kier molecular flexibility index (Phi) is 8.88. The normalized spacial score (nSPS) is 15.2. The minimum Gasteiger partial charge on any atom is -0.489 e. The Hall–Kier alpha value is -1.73. The van der Waals surface area contributed by atoms with Crippen LogP contribution < -0.4 is 10.1 Å². The zero-order chi connectivity index (χ0) is 21.3. The number of benzene rings is 2. The minimum absolute atomic E-state index is 0.138. The van der Waals surface area contributed by atoms with Gasteiger partial charge in [0.05, 0.1) is 11.6 Å². The lowest BCUT2D eigenvalue weighted by Crippen LogP contribution is -2.37. The van der Waals surface area contributed by atoms with Gasteiger partial charge in [-0.15, -0.1) is 11.8 Å². The number of carbonyl (C=O) groups excluding carboxylic acids is 1. The number of amides is 1. The van der Waals surface area contributed by atoms with Gasteiger partial charge < -0.3 is 14.8 Å². The lowest BCUT2D eigenvalue weighted by molar-refractivity contribution is 0.0935. The van der Waals surface area contributed by atoms with Gasteiger partial charge in [-0.1, -0.05) is 23.7 Å². The predicted octanol–water partition coefficient (Wildman–Crippen LogP) is 4.48. The summed E-state index contributed by atoms with van der Waals surface area (Å²) in [5, 5.41) is 3.25. The fourth-order valence-corrected chi connectivity index (χ4v) is 4.09. The van der Waals surface area contributed by atoms with E-state index in [1.54, 1.807) is 37.1 Å². The molecule has 2 aromatic carbocycles. The third-order valence-electron chi connectivity index (χ3n) is 5.18. The molecule has 1 amide bonds. The molecule has 0 aliphatic carbocycles. The van der Waals surface area contributed by atoms with Crippen LogP contribution in [0.25, 0.3) is 0 Å². The highest BCUT2D eigenvalue weighted by Crippen LogP contribution is 2.29. The van der Waals surface area contributed by atoms with Crippen molar-refractivity contribution in [3.63, 3.8) is 0 Å². The van der Waals surface area contributed by atoms with Crippen LogP contribution in [0.15, 0.2) is 47.4 Å². The van der Waals surface area contributed by atoms with E-state index in [-0.39, 0.29) is 12.0 Å². The molecule has 7 heteroatoms. The molecule has 1 aliphatic rings. The molecule has 30 heavy (non-hydrogen) atoms. The molecule has 1 heterocycles. The van der Waals surface area contributed by atoms with E-state index in [4.69, 9.17) is 21.1 Å². The average Bonchev–Trinajstić information content (AvgIpc) is 2.77. The molecule has 3 rings (SSSR count). The van der Waals surface area contributed by atoms with E-state index in [1.807, 2.05) is 0 Å². The number of ether oxygens (including phenoxy) is 2. The fourth-order valence-electron chi connectivity index (χ4n) is 3.46. The number of thioether (sulfide) groups is 1. The molecule has 0 radical (unpaired) electrons.